The Morgan fingerprint density at radius 1 is 1.56 bits per heavy atom. The summed E-state index contributed by atoms with van der Waals surface area (Å²) in [5, 5.41) is 0. The predicted octanol–water partition coefficient (Wildman–Crippen LogP) is 0.519. The van der Waals surface area contributed by atoms with Crippen LogP contribution in [0.25, 0.3) is 0 Å². The number of nitrogens with two attached hydrogens (primary N) is 1. The number of likely N-dealkylation sites (N-methyl/N-ethyl adjacent to an activating group) is 1. The van der Waals surface area contributed by atoms with Gasteiger partial charge in [-0.3, -0.25) is 0 Å². The molecule has 6 nitrogen and oxygen atoms in total. The van der Waals surface area contributed by atoms with Crippen LogP contribution in [0.15, 0.2) is 17.2 Å². The van der Waals surface area contributed by atoms with Crippen LogP contribution in [0.5, 0.6) is 0 Å². The Bertz CT molecular complexity index is 470. The molecule has 0 bridgehead atoms. The maximum Gasteiger partial charge on any atom is 0.244 e. The highest BCUT2D eigenvalue weighted by Crippen LogP contribution is 2.19. The van der Waals surface area contributed by atoms with Crippen LogP contribution in [0.2, 0.25) is 0 Å². The molecular formula is C11H21N3O3S. The van der Waals surface area contributed by atoms with E-state index in [0.717, 1.165) is 0 Å². The van der Waals surface area contributed by atoms with Gasteiger partial charge >= 0.3 is 0 Å². The summed E-state index contributed by atoms with van der Waals surface area (Å²) >= 11 is 0. The first-order valence-corrected chi connectivity index (χ1v) is 7.29. The highest BCUT2D eigenvalue weighted by Gasteiger charge is 2.28. The monoisotopic (exact) mass is 275 g/mol. The van der Waals surface area contributed by atoms with E-state index in [-0.39, 0.29) is 17.5 Å². The molecule has 3 N–H and O–H groups in total. The zero-order chi connectivity index (χ0) is 13.8. The molecule has 1 atom stereocenters. The van der Waals surface area contributed by atoms with Gasteiger partial charge in [0.05, 0.1) is 11.5 Å². The number of nitrogens with zero attached hydrogens (tertiary/aromatic N) is 1. The van der Waals surface area contributed by atoms with E-state index in [0.29, 0.717) is 18.8 Å². The molecule has 0 aliphatic rings. The number of methoxy groups -OCH3 is 1. The fraction of sp³-hybridized carbons (Fsp3) is 0.636. The molecule has 1 rings (SSSR count). The Labute approximate surface area is 108 Å². The molecule has 0 aliphatic carbocycles. The van der Waals surface area contributed by atoms with Gasteiger partial charge in [0.25, 0.3) is 0 Å². The maximum atomic E-state index is 12.4. The third-order valence-corrected chi connectivity index (χ3v) is 4.82. The zero-order valence-corrected chi connectivity index (χ0v) is 11.8. The van der Waals surface area contributed by atoms with E-state index >= 15 is 0 Å². The number of hydrogen-bond donors (Lipinski definition) is 2. The van der Waals surface area contributed by atoms with Crippen LogP contribution in [0, 0.1) is 0 Å². The van der Waals surface area contributed by atoms with Crippen molar-refractivity contribution < 1.29 is 13.2 Å². The Morgan fingerprint density at radius 3 is 2.67 bits per heavy atom. The first-order valence-electron chi connectivity index (χ1n) is 5.85. The van der Waals surface area contributed by atoms with Crippen LogP contribution >= 0.6 is 0 Å². The predicted molar refractivity (Wildman–Crippen MR) is 69.6 cm³/mol. The largest absolute Gasteiger partial charge is 0.383 e. The average molecular weight is 275 g/mol. The molecule has 0 spiro atoms. The van der Waals surface area contributed by atoms with E-state index in [2.05, 4.69) is 4.98 Å². The number of rotatable bonds is 7. The Hall–Kier alpha value is -0.890. The summed E-state index contributed by atoms with van der Waals surface area (Å²) in [6.45, 7) is 4.67. The SMILES string of the molecule is CCN(C(C)COC)S(=O)(=O)c1c[nH]c(CN)c1. The summed E-state index contributed by atoms with van der Waals surface area (Å²) in [4.78, 5) is 3.09. The first kappa shape index (κ1) is 15.2. The van der Waals surface area contributed by atoms with Crippen molar-refractivity contribution in [2.75, 3.05) is 20.3 Å². The average Bonchev–Trinajstić information content (AvgIpc) is 2.79. The smallest absolute Gasteiger partial charge is 0.244 e. The van der Waals surface area contributed by atoms with Crippen molar-refractivity contribution in [3.63, 3.8) is 0 Å². The molecule has 0 aliphatic heterocycles. The molecule has 0 saturated carbocycles. The molecule has 1 heterocycles. The van der Waals surface area contributed by atoms with Gasteiger partial charge in [-0.05, 0) is 13.0 Å². The molecule has 0 fully saturated rings. The second-order valence-electron chi connectivity index (χ2n) is 4.08. The topological polar surface area (TPSA) is 88.4 Å². The van der Waals surface area contributed by atoms with Crippen LogP contribution in [0.3, 0.4) is 0 Å². The Kier molecular flexibility index (Phi) is 5.33. The van der Waals surface area contributed by atoms with Crippen molar-refractivity contribution >= 4 is 10.0 Å². The molecular weight excluding hydrogens is 254 g/mol. The molecule has 0 radical (unpaired) electrons. The van der Waals surface area contributed by atoms with Crippen LogP contribution in [0.4, 0.5) is 0 Å². The van der Waals surface area contributed by atoms with E-state index < -0.39 is 10.0 Å². The van der Waals surface area contributed by atoms with Crippen molar-refractivity contribution in [3.05, 3.63) is 18.0 Å². The van der Waals surface area contributed by atoms with Crippen LogP contribution in [-0.2, 0) is 21.3 Å². The summed E-state index contributed by atoms with van der Waals surface area (Å²) in [5.74, 6) is 0. The Balaban J connectivity index is 3.02. The summed E-state index contributed by atoms with van der Waals surface area (Å²) in [6.07, 6.45) is 1.47. The second kappa shape index (κ2) is 6.33. The third kappa shape index (κ3) is 3.11. The van der Waals surface area contributed by atoms with Gasteiger partial charge in [0.2, 0.25) is 10.0 Å². The van der Waals surface area contributed by atoms with Gasteiger partial charge in [0.1, 0.15) is 0 Å². The van der Waals surface area contributed by atoms with Crippen molar-refractivity contribution in [1.29, 1.82) is 0 Å². The lowest BCUT2D eigenvalue weighted by molar-refractivity contribution is 0.142. The van der Waals surface area contributed by atoms with Crippen molar-refractivity contribution in [2.24, 2.45) is 5.73 Å². The van der Waals surface area contributed by atoms with Gasteiger partial charge in [-0.1, -0.05) is 6.92 Å². The molecule has 1 aromatic rings. The van der Waals surface area contributed by atoms with E-state index in [1.807, 2.05) is 6.92 Å². The quantitative estimate of drug-likeness (QED) is 0.759. The molecule has 7 heteroatoms. The van der Waals surface area contributed by atoms with Gasteiger partial charge in [0, 0.05) is 38.1 Å². The molecule has 0 saturated heterocycles. The molecule has 1 unspecified atom stereocenters. The summed E-state index contributed by atoms with van der Waals surface area (Å²) in [7, 11) is -1.94. The highest BCUT2D eigenvalue weighted by molar-refractivity contribution is 7.89. The molecule has 104 valence electrons. The third-order valence-electron chi connectivity index (χ3n) is 2.75. The number of aromatic amines is 1. The van der Waals surface area contributed by atoms with Gasteiger partial charge in [0.15, 0.2) is 0 Å². The lowest BCUT2D eigenvalue weighted by Gasteiger charge is -2.26. The molecule has 1 aromatic heterocycles. The van der Waals surface area contributed by atoms with E-state index in [1.54, 1.807) is 20.1 Å². The number of sulfonamides is 1. The minimum atomic E-state index is -3.50. The number of ether oxygens (including phenoxy) is 1. The van der Waals surface area contributed by atoms with Gasteiger partial charge < -0.3 is 15.5 Å². The van der Waals surface area contributed by atoms with Gasteiger partial charge in [-0.15, -0.1) is 0 Å². The van der Waals surface area contributed by atoms with E-state index in [4.69, 9.17) is 10.5 Å². The second-order valence-corrected chi connectivity index (χ2v) is 5.97. The van der Waals surface area contributed by atoms with Gasteiger partial charge in [-0.25, -0.2) is 8.42 Å². The van der Waals surface area contributed by atoms with Crippen LogP contribution in [-0.4, -0.2) is 44.0 Å². The van der Waals surface area contributed by atoms with Crippen molar-refractivity contribution in [1.82, 2.24) is 9.29 Å². The number of aromatic nitrogens is 1. The summed E-state index contributed by atoms with van der Waals surface area (Å²) in [5.41, 5.74) is 6.16. The fourth-order valence-corrected chi connectivity index (χ4v) is 3.51. The zero-order valence-electron chi connectivity index (χ0n) is 11.0. The normalized spacial score (nSPS) is 14.1. The molecule has 18 heavy (non-hydrogen) atoms. The first-order chi connectivity index (χ1) is 8.47. The van der Waals surface area contributed by atoms with Crippen LogP contribution < -0.4 is 5.73 Å². The summed E-state index contributed by atoms with van der Waals surface area (Å²) in [6, 6.07) is 1.36. The minimum absolute atomic E-state index is 0.207. The standard InChI is InChI=1S/C11H21N3O3S/c1-4-14(9(2)8-17-3)18(15,16)11-5-10(6-12)13-7-11/h5,7,9,13H,4,6,8,12H2,1-3H3. The molecule has 0 aromatic carbocycles. The van der Waals surface area contributed by atoms with E-state index in [1.165, 1.54) is 10.5 Å². The maximum absolute atomic E-state index is 12.4. The lowest BCUT2D eigenvalue weighted by atomic mass is 10.4. The van der Waals surface area contributed by atoms with E-state index in [9.17, 15) is 8.42 Å². The molecule has 0 amide bonds. The summed E-state index contributed by atoms with van der Waals surface area (Å²) < 4.78 is 31.3. The van der Waals surface area contributed by atoms with Crippen molar-refractivity contribution in [2.45, 2.75) is 31.3 Å². The number of nitrogens with one attached hydrogen (secondary N) is 1. The van der Waals surface area contributed by atoms with Gasteiger partial charge in [-0.2, -0.15) is 4.31 Å². The minimum Gasteiger partial charge on any atom is -0.383 e. The lowest BCUT2D eigenvalue weighted by Crippen LogP contribution is -2.40. The number of hydrogen-bond acceptors (Lipinski definition) is 4. The van der Waals surface area contributed by atoms with Crippen LogP contribution in [0.1, 0.15) is 19.5 Å². The van der Waals surface area contributed by atoms with Crippen molar-refractivity contribution in [3.8, 4) is 0 Å². The highest BCUT2D eigenvalue weighted by atomic mass is 32.2. The number of H-pyrrole nitrogens is 1. The fourth-order valence-electron chi connectivity index (χ4n) is 1.86. The Morgan fingerprint density at radius 2 is 2.22 bits per heavy atom.